The third-order valence-corrected chi connectivity index (χ3v) is 6.79. The molecule has 4 aliphatic rings. The minimum absolute atomic E-state index is 0. The third-order valence-electron chi connectivity index (χ3n) is 6.79. The van der Waals surface area contributed by atoms with Crippen LogP contribution < -0.4 is 5.32 Å². The maximum Gasteiger partial charge on any atom is 0.155 e. The first-order valence-corrected chi connectivity index (χ1v) is 13.7. The molecule has 29 nitrogen and oxygen atoms in total. The van der Waals surface area contributed by atoms with Crippen molar-refractivity contribution in [1.82, 2.24) is 5.32 Å². The van der Waals surface area contributed by atoms with Crippen molar-refractivity contribution in [2.75, 3.05) is 52.4 Å². The normalized spacial score (nSPS) is 17.0. The molecule has 0 amide bonds. The fraction of sp³-hybridized carbons (Fsp3) is 1.00. The summed E-state index contributed by atoms with van der Waals surface area (Å²) in [5.74, 6) is 0.0509. The number of piperidine rings is 4. The van der Waals surface area contributed by atoms with Crippen LogP contribution in [0.15, 0.2) is 0 Å². The maximum atomic E-state index is 8.69. The number of nitrogens with zero attached hydrogens (tertiary/aromatic N) is 3. The molecule has 393 valence electrons. The smallest absolute Gasteiger partial charge is 0.155 e. The molecule has 4 fully saturated rings. The summed E-state index contributed by atoms with van der Waals surface area (Å²) in [5.41, 5.74) is 0. The van der Waals surface area contributed by atoms with Crippen LogP contribution in [-0.4, -0.2) is 200 Å². The molecule has 9 radical (unpaired) electrons. The van der Waals surface area contributed by atoms with Crippen molar-refractivity contribution >= 4 is 0 Å². The number of nitrogens with two attached hydrogens (primary N) is 1. The number of nitrogens with one attached hydrogen (secondary N) is 1. The molecule has 0 aromatic carbocycles. The molecule has 0 spiro atoms. The average molecular weight is 1280 g/mol. The van der Waals surface area contributed by atoms with Crippen LogP contribution >= 0.6 is 0 Å². The van der Waals surface area contributed by atoms with Gasteiger partial charge >= 0.3 is 0 Å². The standard InChI is InChI=1S/C6H13NO2.3C6H12NO2.H2N.2H2O2.12H2O.9V/c4*8-6(9)5-2-1-3-7-4-5;;2*1-2;;;;;;;;;;;;;;;;;;;;;/h5-9H,1-4H2;3*5-6,8-9H,1-4H2;1H2;2*1-2H;12*1H2;;;;;;;;;/q;4*-1;;;;;;;;;;;;;;;;;;;;;;;/p+1. The summed E-state index contributed by atoms with van der Waals surface area (Å²) in [6, 6.07) is 0. The monoisotopic (exact) mass is 1280 g/mol. The Morgan fingerprint density at radius 2 is 0.548 bits per heavy atom. The average Bonchev–Trinajstić information content (AvgIpc) is 3.02. The van der Waals surface area contributed by atoms with Gasteiger partial charge in [-0.1, -0.05) is 19.3 Å². The molecule has 4 heterocycles. The predicted octanol–water partition coefficient (Wildman–Crippen LogP) is -9.73. The molecule has 4 rings (SSSR count). The Morgan fingerprint density at radius 3 is 0.645 bits per heavy atom. The van der Waals surface area contributed by atoms with Crippen molar-refractivity contribution in [3.05, 3.63) is 22.1 Å². The second-order valence-electron chi connectivity index (χ2n) is 9.86. The van der Waals surface area contributed by atoms with E-state index in [1.807, 2.05) is 0 Å². The summed E-state index contributed by atoms with van der Waals surface area (Å²) >= 11 is 0. The topological polar surface area (TPSA) is 710 Å². The van der Waals surface area contributed by atoms with Crippen LogP contribution in [0.2, 0.25) is 0 Å². The van der Waals surface area contributed by atoms with E-state index in [0.717, 1.165) is 84.1 Å². The SMILES string of the molecule is O.O.O.O.O.O.O.O.O.O.O.OC(O)C1CCCNC1.OC(O)C1CCC[N-]C1.OC(O)C1CCC[N-]C1.OC(O)C1CCC[N-]C1.OO.OO.[NH2-].[OH3+].[V].[V].[V].[V].[V].[V].[V].[V].[V]. The second kappa shape index (κ2) is 116. The van der Waals surface area contributed by atoms with Gasteiger partial charge in [0.2, 0.25) is 0 Å². The zero-order valence-electron chi connectivity index (χ0n) is 33.8. The molecular formula is C24H80N5O24V9-3. The summed E-state index contributed by atoms with van der Waals surface area (Å²) in [6.07, 6.45) is 3.11. The van der Waals surface area contributed by atoms with E-state index in [-0.39, 0.29) is 263 Å². The van der Waals surface area contributed by atoms with E-state index in [2.05, 4.69) is 21.3 Å². The number of hydrogen-bond donors (Lipinski definition) is 13. The van der Waals surface area contributed by atoms with E-state index in [1.165, 1.54) is 0 Å². The number of aliphatic hydroxyl groups is 8. The predicted molar refractivity (Wildman–Crippen MR) is 196 cm³/mol. The van der Waals surface area contributed by atoms with Gasteiger partial charge in [-0.25, -0.2) is 0 Å². The van der Waals surface area contributed by atoms with Crippen molar-refractivity contribution in [2.24, 2.45) is 23.7 Å². The largest absolute Gasteiger partial charge is 0.693 e. The molecule has 38 heteroatoms. The number of rotatable bonds is 4. The fourth-order valence-electron chi connectivity index (χ4n) is 4.30. The molecule has 0 aromatic heterocycles. The Bertz CT molecular complexity index is 469. The first-order chi connectivity index (χ1) is 19.2. The van der Waals surface area contributed by atoms with Gasteiger partial charge in [0, 0.05) is 179 Å². The van der Waals surface area contributed by atoms with Gasteiger partial charge in [0.1, 0.15) is 0 Å². The Hall–Kier alpha value is 4.10. The first-order valence-electron chi connectivity index (χ1n) is 13.7. The number of aliphatic hydroxyl groups excluding tert-OH is 4. The molecule has 4 saturated heterocycles. The summed E-state index contributed by atoms with van der Waals surface area (Å²) in [7, 11) is 0. The summed E-state index contributed by atoms with van der Waals surface area (Å²) < 4.78 is 0. The molecule has 0 bridgehead atoms. The van der Waals surface area contributed by atoms with E-state index in [9.17, 15) is 0 Å². The molecule has 4 aliphatic heterocycles. The zero-order valence-corrected chi connectivity index (χ0v) is 46.4. The van der Waals surface area contributed by atoms with Crippen LogP contribution in [0.25, 0.3) is 22.1 Å². The fourth-order valence-corrected chi connectivity index (χ4v) is 4.30. The van der Waals surface area contributed by atoms with Crippen LogP contribution in [0.4, 0.5) is 0 Å². The van der Waals surface area contributed by atoms with Crippen molar-refractivity contribution in [1.29, 1.82) is 0 Å². The molecule has 62 heavy (non-hydrogen) atoms. The minimum atomic E-state index is -1.16. The van der Waals surface area contributed by atoms with E-state index < -0.39 is 25.2 Å². The van der Waals surface area contributed by atoms with Crippen LogP contribution in [0, 0.1) is 23.7 Å². The van der Waals surface area contributed by atoms with Gasteiger partial charge in [0.25, 0.3) is 0 Å². The van der Waals surface area contributed by atoms with E-state index >= 15 is 0 Å². The van der Waals surface area contributed by atoms with Gasteiger partial charge in [0.05, 0.1) is 0 Å². The molecule has 0 saturated carbocycles. The third kappa shape index (κ3) is 94.0. The van der Waals surface area contributed by atoms with E-state index in [0.29, 0.717) is 19.6 Å². The van der Waals surface area contributed by atoms with Crippen molar-refractivity contribution < 1.29 is 295 Å². The Morgan fingerprint density at radius 1 is 0.355 bits per heavy atom. The molecular weight excluding hydrogens is 1200 g/mol. The van der Waals surface area contributed by atoms with E-state index in [1.54, 1.807) is 0 Å². The number of hydrogen-bond acceptors (Lipinski definition) is 13. The first kappa shape index (κ1) is 158. The van der Waals surface area contributed by atoms with Crippen LogP contribution in [0.5, 0.6) is 0 Å². The van der Waals surface area contributed by atoms with Crippen LogP contribution in [0.3, 0.4) is 0 Å². The van der Waals surface area contributed by atoms with Gasteiger partial charge in [0.15, 0.2) is 25.2 Å². The Kier molecular flexibility index (Phi) is 295. The summed E-state index contributed by atoms with van der Waals surface area (Å²) in [6.45, 7) is 6.31. The van der Waals surface area contributed by atoms with Crippen molar-refractivity contribution in [2.45, 2.75) is 76.5 Å². The summed E-state index contributed by atoms with van der Waals surface area (Å²) in [5, 5.41) is 109. The van der Waals surface area contributed by atoms with Crippen LogP contribution in [-0.2, 0) is 172 Å². The van der Waals surface area contributed by atoms with Gasteiger partial charge in [-0.2, -0.15) is 0 Å². The van der Waals surface area contributed by atoms with Crippen LogP contribution in [0.1, 0.15) is 51.4 Å². The minimum Gasteiger partial charge on any atom is -0.693 e. The van der Waals surface area contributed by atoms with Gasteiger partial charge < -0.3 is 134 Å². The zero-order chi connectivity index (χ0) is 30.8. The molecule has 40 N–H and O–H groups in total. The van der Waals surface area contributed by atoms with Gasteiger partial charge in [-0.05, 0) is 56.4 Å². The summed E-state index contributed by atoms with van der Waals surface area (Å²) in [4.78, 5) is 0. The van der Waals surface area contributed by atoms with E-state index in [4.69, 9.17) is 61.9 Å². The maximum absolute atomic E-state index is 8.69. The van der Waals surface area contributed by atoms with Gasteiger partial charge in [-0.15, -0.1) is 39.3 Å². The molecule has 0 aliphatic carbocycles. The van der Waals surface area contributed by atoms with Crippen molar-refractivity contribution in [3.63, 3.8) is 0 Å². The Labute approximate surface area is 470 Å². The molecule has 4 unspecified atom stereocenters. The Balaban J connectivity index is -0.0000000123. The quantitative estimate of drug-likeness (QED) is 0.0539. The van der Waals surface area contributed by atoms with Crippen molar-refractivity contribution in [3.8, 4) is 0 Å². The second-order valence-corrected chi connectivity index (χ2v) is 9.86. The molecule has 4 atom stereocenters. The molecule has 0 aromatic rings. The van der Waals surface area contributed by atoms with Gasteiger partial charge in [-0.3, -0.25) is 21.0 Å².